The van der Waals surface area contributed by atoms with Crippen molar-refractivity contribution in [2.45, 2.75) is 76.5 Å². The predicted molar refractivity (Wildman–Crippen MR) is 174 cm³/mol. The van der Waals surface area contributed by atoms with Gasteiger partial charge in [-0.15, -0.1) is 0 Å². The van der Waals surface area contributed by atoms with Crippen molar-refractivity contribution in [2.24, 2.45) is 23.7 Å². The van der Waals surface area contributed by atoms with Gasteiger partial charge >= 0.3 is 0 Å². The fourth-order valence-electron chi connectivity index (χ4n) is 9.12. The zero-order valence-corrected chi connectivity index (χ0v) is 26.8. The molecule has 3 saturated carbocycles. The van der Waals surface area contributed by atoms with E-state index < -0.39 is 5.82 Å². The van der Waals surface area contributed by atoms with Crippen molar-refractivity contribution >= 4 is 50.9 Å². The van der Waals surface area contributed by atoms with Crippen LogP contribution in [0.1, 0.15) is 68.1 Å². The van der Waals surface area contributed by atoms with Crippen LogP contribution in [-0.4, -0.2) is 39.0 Å². The first-order valence-corrected chi connectivity index (χ1v) is 17.1. The van der Waals surface area contributed by atoms with E-state index in [2.05, 4.69) is 33.8 Å². The Labute approximate surface area is 271 Å². The van der Waals surface area contributed by atoms with Crippen LogP contribution in [0.25, 0.3) is 32.9 Å². The number of carbonyl (C=O) groups is 1. The molecule has 3 aliphatic heterocycles. The number of amides is 1. The quantitative estimate of drug-likeness (QED) is 0.232. The van der Waals surface area contributed by atoms with Gasteiger partial charge in [0.05, 0.1) is 33.7 Å². The molecule has 2 bridgehead atoms. The monoisotopic (exact) mass is 641 g/mol. The van der Waals surface area contributed by atoms with Crippen molar-refractivity contribution in [1.82, 2.24) is 19.8 Å². The number of hydrogen-bond acceptors (Lipinski definition) is 4. The van der Waals surface area contributed by atoms with E-state index in [4.69, 9.17) is 28.2 Å². The molecule has 3 aliphatic carbocycles. The van der Waals surface area contributed by atoms with Gasteiger partial charge in [-0.05, 0) is 80.5 Å². The standard InChI is InChI=1S/C36H34Cl2FN5O/c1-16-22-13-28(44(33(16)22)36(45)18-8-9-18)27-14-23-17(2)42-32-24(35(23)43(27)34-20-12-26(34)41-15-20)11-19(5-4-10-40)29(31(32)39)21-6-3-7-25(37)30(21)38/h3,6-7,11,14,16,18,20,22,26,28,33-34,41H,4-5,8-9,12-13,15H2,1-2H3/t16-,20-,22+,26-,28-,33-,34+/m1/s1. The molecule has 6 nitrogen and oxygen atoms in total. The summed E-state index contributed by atoms with van der Waals surface area (Å²) in [4.78, 5) is 20.9. The maximum absolute atomic E-state index is 17.0. The number of fused-ring (bicyclic) bond motifs is 5. The molecule has 6 fully saturated rings. The molecule has 0 radical (unpaired) electrons. The molecule has 2 aromatic heterocycles. The third-order valence-corrected chi connectivity index (χ3v) is 12.4. The lowest BCUT2D eigenvalue weighted by Gasteiger charge is -2.40. The third-order valence-electron chi connectivity index (χ3n) is 11.6. The number of benzene rings is 2. The van der Waals surface area contributed by atoms with Crippen LogP contribution in [0.3, 0.4) is 0 Å². The molecule has 3 saturated heterocycles. The van der Waals surface area contributed by atoms with Gasteiger partial charge in [0.25, 0.3) is 0 Å². The molecule has 1 N–H and O–H groups in total. The first kappa shape index (κ1) is 28.1. The Bertz CT molecular complexity index is 1980. The summed E-state index contributed by atoms with van der Waals surface area (Å²) in [5.41, 5.74) is 4.78. The molecule has 6 aliphatic rings. The number of pyridine rings is 1. The van der Waals surface area contributed by atoms with E-state index >= 15 is 4.39 Å². The van der Waals surface area contributed by atoms with Crippen LogP contribution >= 0.6 is 23.2 Å². The Morgan fingerprint density at radius 2 is 2.00 bits per heavy atom. The Balaban J connectivity index is 1.31. The predicted octanol–water partition coefficient (Wildman–Crippen LogP) is 7.92. The topological polar surface area (TPSA) is 74.0 Å². The highest BCUT2D eigenvalue weighted by Crippen LogP contribution is 2.60. The summed E-state index contributed by atoms with van der Waals surface area (Å²) in [7, 11) is 0. The van der Waals surface area contributed by atoms with Gasteiger partial charge in [-0.3, -0.25) is 4.79 Å². The normalized spacial score (nSPS) is 29.7. The summed E-state index contributed by atoms with van der Waals surface area (Å²) < 4.78 is 19.5. The minimum Gasteiger partial charge on any atom is -0.337 e. The molecule has 1 amide bonds. The number of likely N-dealkylation sites (tertiary alicyclic amines) is 1. The molecule has 4 aromatic rings. The van der Waals surface area contributed by atoms with Gasteiger partial charge in [0.2, 0.25) is 5.91 Å². The maximum atomic E-state index is 17.0. The van der Waals surface area contributed by atoms with E-state index in [1.807, 2.05) is 13.0 Å². The van der Waals surface area contributed by atoms with Gasteiger partial charge in [-0.2, -0.15) is 5.26 Å². The first-order chi connectivity index (χ1) is 21.8. The summed E-state index contributed by atoms with van der Waals surface area (Å²) in [5, 5.41) is 15.6. The summed E-state index contributed by atoms with van der Waals surface area (Å²) in [6, 6.07) is 12.7. The zero-order valence-electron chi connectivity index (χ0n) is 25.3. The number of nitrogens with zero attached hydrogens (tertiary/aromatic N) is 4. The van der Waals surface area contributed by atoms with E-state index in [1.54, 1.807) is 18.2 Å². The highest BCUT2D eigenvalue weighted by molar-refractivity contribution is 6.43. The number of nitrogens with one attached hydrogen (secondary N) is 1. The second kappa shape index (κ2) is 9.91. The summed E-state index contributed by atoms with van der Waals surface area (Å²) >= 11 is 13.0. The van der Waals surface area contributed by atoms with Gasteiger partial charge in [0, 0.05) is 64.3 Å². The highest BCUT2D eigenvalue weighted by Gasteiger charge is 2.62. The number of rotatable bonds is 6. The average Bonchev–Trinajstić information content (AvgIpc) is 3.64. The van der Waals surface area contributed by atoms with Gasteiger partial charge in [-0.1, -0.05) is 42.3 Å². The number of halogens is 3. The van der Waals surface area contributed by atoms with Gasteiger partial charge in [0.1, 0.15) is 5.52 Å². The number of nitriles is 1. The van der Waals surface area contributed by atoms with Crippen LogP contribution < -0.4 is 5.32 Å². The number of aromatic nitrogens is 2. The lowest BCUT2D eigenvalue weighted by molar-refractivity contribution is -0.135. The fraction of sp³-hybridized carbons (Fsp3) is 0.472. The molecule has 0 spiro atoms. The minimum absolute atomic E-state index is 0.0126. The van der Waals surface area contributed by atoms with Crippen LogP contribution in [0.5, 0.6) is 0 Å². The second-order valence-electron chi connectivity index (χ2n) is 14.1. The molecule has 45 heavy (non-hydrogen) atoms. The van der Waals surface area contributed by atoms with Gasteiger partial charge in [0.15, 0.2) is 5.82 Å². The van der Waals surface area contributed by atoms with E-state index in [1.165, 1.54) is 5.69 Å². The van der Waals surface area contributed by atoms with Crippen LogP contribution in [0.2, 0.25) is 10.0 Å². The maximum Gasteiger partial charge on any atom is 0.226 e. The Kier molecular flexibility index (Phi) is 6.18. The van der Waals surface area contributed by atoms with Crippen molar-refractivity contribution in [3.05, 3.63) is 63.1 Å². The van der Waals surface area contributed by atoms with Gasteiger partial charge < -0.3 is 14.8 Å². The summed E-state index contributed by atoms with van der Waals surface area (Å²) in [6.07, 6.45) is 4.69. The van der Waals surface area contributed by atoms with E-state index in [0.29, 0.717) is 69.4 Å². The fourth-order valence-corrected chi connectivity index (χ4v) is 9.51. The molecular formula is C36H34Cl2FN5O. The molecule has 0 unspecified atom stereocenters. The summed E-state index contributed by atoms with van der Waals surface area (Å²) in [6.45, 7) is 5.20. The van der Waals surface area contributed by atoms with E-state index in [-0.39, 0.29) is 29.4 Å². The molecule has 2 aromatic carbocycles. The Hall–Kier alpha value is -3.18. The van der Waals surface area contributed by atoms with Crippen molar-refractivity contribution in [1.29, 1.82) is 5.26 Å². The van der Waals surface area contributed by atoms with Crippen LogP contribution in [0, 0.1) is 47.7 Å². The van der Waals surface area contributed by atoms with E-state index in [9.17, 15) is 10.1 Å². The SMILES string of the molecule is Cc1nc2c(F)c(-c3cccc(Cl)c3Cl)c(CCC#N)cc2c2c1cc([C@H]1C[C@H]3[C@@H](C)[C@H]3N1C(=O)C1CC1)n2[C@H]1[C@H]2CN[C@@H]1C2. The van der Waals surface area contributed by atoms with Crippen LogP contribution in [-0.2, 0) is 11.2 Å². The van der Waals surface area contributed by atoms with Crippen LogP contribution in [0.15, 0.2) is 30.3 Å². The molecule has 7 atom stereocenters. The number of carbonyl (C=O) groups excluding carboxylic acids is 1. The molecule has 10 rings (SSSR count). The Morgan fingerprint density at radius 1 is 1.18 bits per heavy atom. The minimum atomic E-state index is -0.444. The van der Waals surface area contributed by atoms with Crippen LogP contribution in [0.4, 0.5) is 4.39 Å². The average molecular weight is 643 g/mol. The first-order valence-electron chi connectivity index (χ1n) is 16.3. The number of hydrogen-bond donors (Lipinski definition) is 1. The second-order valence-corrected chi connectivity index (χ2v) is 14.9. The highest BCUT2D eigenvalue weighted by atomic mass is 35.5. The summed E-state index contributed by atoms with van der Waals surface area (Å²) in [5.74, 6) is 1.60. The molecular weight excluding hydrogens is 608 g/mol. The number of piperidine rings is 1. The Morgan fingerprint density at radius 3 is 2.71 bits per heavy atom. The number of aryl methyl sites for hydroxylation is 2. The van der Waals surface area contributed by atoms with Crippen molar-refractivity contribution in [3.63, 3.8) is 0 Å². The third kappa shape index (κ3) is 3.95. The molecule has 9 heteroatoms. The molecule has 230 valence electrons. The largest absolute Gasteiger partial charge is 0.337 e. The van der Waals surface area contributed by atoms with Crippen molar-refractivity contribution < 1.29 is 9.18 Å². The smallest absolute Gasteiger partial charge is 0.226 e. The van der Waals surface area contributed by atoms with E-state index in [0.717, 1.165) is 54.2 Å². The van der Waals surface area contributed by atoms with Gasteiger partial charge in [-0.25, -0.2) is 9.37 Å². The lowest BCUT2D eigenvalue weighted by atomic mass is 9.79. The molecule has 5 heterocycles. The van der Waals surface area contributed by atoms with Crippen molar-refractivity contribution in [2.75, 3.05) is 6.54 Å². The zero-order chi connectivity index (χ0) is 30.9. The van der Waals surface area contributed by atoms with Crippen molar-refractivity contribution in [3.8, 4) is 17.2 Å². The lowest BCUT2D eigenvalue weighted by Crippen LogP contribution is -2.42.